The molecule has 1 atom stereocenters. The predicted octanol–water partition coefficient (Wildman–Crippen LogP) is 5.94. The van der Waals surface area contributed by atoms with Crippen molar-refractivity contribution in [1.29, 1.82) is 0 Å². The number of Topliss-reactive ketones (excluding diaryl/α,β-unsaturated/α-hetero) is 1. The summed E-state index contributed by atoms with van der Waals surface area (Å²) in [7, 11) is 1.39. The Hall–Kier alpha value is -3.14. The summed E-state index contributed by atoms with van der Waals surface area (Å²) < 4.78 is 5.11. The van der Waals surface area contributed by atoms with Crippen LogP contribution < -0.4 is 5.32 Å². The van der Waals surface area contributed by atoms with Gasteiger partial charge >= 0.3 is 5.97 Å². The standard InChI is InChI=1S/C28H31NO3/c1-4-5-6-7-8-11-19-14-16-20(17-15-19)24-23(28(31)32-3)18(2)29-26-21-12-9-10-13-22(21)27(30)25(24)26/h9-10,12-17,24,29H,4-8,11H2,1-3H3/t24-/m1/s1. The molecule has 0 amide bonds. The smallest absolute Gasteiger partial charge is 0.336 e. The van der Waals surface area contributed by atoms with E-state index < -0.39 is 11.9 Å². The maximum atomic E-state index is 13.4. The molecule has 4 nitrogen and oxygen atoms in total. The van der Waals surface area contributed by atoms with Crippen molar-refractivity contribution >= 4 is 17.4 Å². The van der Waals surface area contributed by atoms with Crippen LogP contribution in [0, 0.1) is 0 Å². The second-order valence-corrected chi connectivity index (χ2v) is 8.66. The van der Waals surface area contributed by atoms with E-state index in [1.165, 1.54) is 44.8 Å². The van der Waals surface area contributed by atoms with Crippen LogP contribution in [-0.4, -0.2) is 18.9 Å². The number of carbonyl (C=O) groups excluding carboxylic acids is 2. The summed E-state index contributed by atoms with van der Waals surface area (Å²) in [6.07, 6.45) is 7.32. The second-order valence-electron chi connectivity index (χ2n) is 8.66. The van der Waals surface area contributed by atoms with Crippen LogP contribution >= 0.6 is 0 Å². The average molecular weight is 430 g/mol. The van der Waals surface area contributed by atoms with Gasteiger partial charge in [-0.25, -0.2) is 4.79 Å². The first-order valence-electron chi connectivity index (χ1n) is 11.6. The van der Waals surface area contributed by atoms with Crippen LogP contribution in [0.2, 0.25) is 0 Å². The van der Waals surface area contributed by atoms with Gasteiger partial charge in [0.1, 0.15) is 0 Å². The third-order valence-electron chi connectivity index (χ3n) is 6.54. The summed E-state index contributed by atoms with van der Waals surface area (Å²) in [5, 5.41) is 3.32. The van der Waals surface area contributed by atoms with Crippen LogP contribution in [0.15, 0.2) is 65.4 Å². The van der Waals surface area contributed by atoms with Crippen LogP contribution in [0.3, 0.4) is 0 Å². The fourth-order valence-electron chi connectivity index (χ4n) is 4.85. The van der Waals surface area contributed by atoms with E-state index in [1.807, 2.05) is 31.2 Å². The van der Waals surface area contributed by atoms with Gasteiger partial charge < -0.3 is 10.1 Å². The van der Waals surface area contributed by atoms with E-state index in [4.69, 9.17) is 4.74 Å². The van der Waals surface area contributed by atoms with E-state index in [9.17, 15) is 9.59 Å². The van der Waals surface area contributed by atoms with Crippen LogP contribution in [0.4, 0.5) is 0 Å². The van der Waals surface area contributed by atoms with Gasteiger partial charge in [0.25, 0.3) is 0 Å². The molecule has 0 saturated carbocycles. The third kappa shape index (κ3) is 4.02. The number of ether oxygens (including phenoxy) is 1. The van der Waals surface area contributed by atoms with Gasteiger partial charge in [0.2, 0.25) is 0 Å². The molecule has 4 rings (SSSR count). The van der Waals surface area contributed by atoms with Crippen molar-refractivity contribution in [3.63, 3.8) is 0 Å². The number of hydrogen-bond donors (Lipinski definition) is 1. The van der Waals surface area contributed by atoms with Gasteiger partial charge in [-0.1, -0.05) is 81.1 Å². The summed E-state index contributed by atoms with van der Waals surface area (Å²) in [6, 6.07) is 16.0. The highest BCUT2D eigenvalue weighted by Gasteiger charge is 2.42. The van der Waals surface area contributed by atoms with E-state index in [0.717, 1.165) is 28.9 Å². The second kappa shape index (κ2) is 9.56. The van der Waals surface area contributed by atoms with E-state index in [1.54, 1.807) is 0 Å². The van der Waals surface area contributed by atoms with Crippen molar-refractivity contribution < 1.29 is 14.3 Å². The van der Waals surface area contributed by atoms with Crippen LogP contribution in [0.1, 0.15) is 78.9 Å². The Morgan fingerprint density at radius 1 is 0.969 bits per heavy atom. The lowest BCUT2D eigenvalue weighted by molar-refractivity contribution is -0.136. The summed E-state index contributed by atoms with van der Waals surface area (Å²) in [4.78, 5) is 26.2. The monoisotopic (exact) mass is 429 g/mol. The van der Waals surface area contributed by atoms with Gasteiger partial charge in [0.15, 0.2) is 5.78 Å². The molecule has 0 aromatic heterocycles. The van der Waals surface area contributed by atoms with Crippen molar-refractivity contribution in [3.8, 4) is 0 Å². The van der Waals surface area contributed by atoms with E-state index in [0.29, 0.717) is 16.7 Å². The maximum absolute atomic E-state index is 13.4. The first-order chi connectivity index (χ1) is 15.6. The number of methoxy groups -OCH3 is 1. The van der Waals surface area contributed by atoms with Gasteiger partial charge in [-0.3, -0.25) is 4.79 Å². The lowest BCUT2D eigenvalue weighted by Crippen LogP contribution is -2.29. The number of aryl methyl sites for hydroxylation is 1. The summed E-state index contributed by atoms with van der Waals surface area (Å²) >= 11 is 0. The zero-order chi connectivity index (χ0) is 22.7. The minimum absolute atomic E-state index is 0.0259. The van der Waals surface area contributed by atoms with Crippen LogP contribution in [0.25, 0.3) is 5.70 Å². The molecule has 2 aromatic rings. The van der Waals surface area contributed by atoms with Crippen LogP contribution in [-0.2, 0) is 16.0 Å². The van der Waals surface area contributed by atoms with Gasteiger partial charge in [-0.15, -0.1) is 0 Å². The van der Waals surface area contributed by atoms with Gasteiger partial charge in [-0.05, 0) is 30.9 Å². The largest absolute Gasteiger partial charge is 0.466 e. The minimum Gasteiger partial charge on any atom is -0.466 e. The quantitative estimate of drug-likeness (QED) is 0.417. The van der Waals surface area contributed by atoms with E-state index in [2.05, 4.69) is 36.5 Å². The Morgan fingerprint density at radius 3 is 2.34 bits per heavy atom. The molecule has 1 heterocycles. The Kier molecular flexibility index (Phi) is 6.59. The van der Waals surface area contributed by atoms with Gasteiger partial charge in [0, 0.05) is 28.3 Å². The third-order valence-corrected chi connectivity index (χ3v) is 6.54. The van der Waals surface area contributed by atoms with E-state index >= 15 is 0 Å². The molecule has 0 bridgehead atoms. The summed E-state index contributed by atoms with van der Waals surface area (Å²) in [5.74, 6) is -0.880. The molecule has 0 fully saturated rings. The van der Waals surface area contributed by atoms with Crippen LogP contribution in [0.5, 0.6) is 0 Å². The number of hydrogen-bond acceptors (Lipinski definition) is 4. The first kappa shape index (κ1) is 22.1. The Morgan fingerprint density at radius 2 is 1.66 bits per heavy atom. The van der Waals surface area contributed by atoms with E-state index in [-0.39, 0.29) is 5.78 Å². The highest BCUT2D eigenvalue weighted by atomic mass is 16.5. The molecule has 0 spiro atoms. The molecular formula is C28H31NO3. The molecule has 0 unspecified atom stereocenters. The number of benzene rings is 2. The highest BCUT2D eigenvalue weighted by molar-refractivity contribution is 6.23. The lowest BCUT2D eigenvalue weighted by Gasteiger charge is -2.29. The maximum Gasteiger partial charge on any atom is 0.336 e. The number of rotatable bonds is 8. The first-order valence-corrected chi connectivity index (χ1v) is 11.6. The van der Waals surface area contributed by atoms with Crippen molar-refractivity contribution in [2.45, 2.75) is 58.3 Å². The molecule has 166 valence electrons. The summed E-state index contributed by atoms with van der Waals surface area (Å²) in [6.45, 7) is 4.10. The Balaban J connectivity index is 1.67. The average Bonchev–Trinajstić information content (AvgIpc) is 3.10. The Labute approximate surface area is 190 Å². The summed E-state index contributed by atoms with van der Waals surface area (Å²) in [5.41, 5.74) is 6.46. The fraction of sp³-hybridized carbons (Fsp3) is 0.357. The van der Waals surface area contributed by atoms with Crippen molar-refractivity contribution in [1.82, 2.24) is 5.32 Å². The molecule has 32 heavy (non-hydrogen) atoms. The topological polar surface area (TPSA) is 55.4 Å². The highest BCUT2D eigenvalue weighted by Crippen LogP contribution is 2.46. The molecule has 4 heteroatoms. The molecular weight excluding hydrogens is 398 g/mol. The normalized spacial score (nSPS) is 17.2. The predicted molar refractivity (Wildman–Crippen MR) is 127 cm³/mol. The Bertz CT molecular complexity index is 1090. The number of carbonyl (C=O) groups is 2. The zero-order valence-electron chi connectivity index (χ0n) is 19.2. The molecule has 0 radical (unpaired) electrons. The molecule has 0 saturated heterocycles. The number of ketones is 1. The van der Waals surface area contributed by atoms with Gasteiger partial charge in [-0.2, -0.15) is 0 Å². The number of unbranched alkanes of at least 4 members (excludes halogenated alkanes) is 4. The SMILES string of the molecule is CCCCCCCc1ccc([C@@H]2C(C(=O)OC)=C(C)NC3=C2C(=O)c2ccccc23)cc1. The molecule has 2 aromatic carbocycles. The molecule has 2 aliphatic rings. The number of dihydropyridines is 1. The van der Waals surface area contributed by atoms with Crippen molar-refractivity contribution in [3.05, 3.63) is 87.6 Å². The number of allylic oxidation sites excluding steroid dienone is 2. The number of fused-ring (bicyclic) bond motifs is 2. The van der Waals surface area contributed by atoms with Gasteiger partial charge in [0.05, 0.1) is 18.4 Å². The molecule has 1 aliphatic carbocycles. The lowest BCUT2D eigenvalue weighted by atomic mass is 9.79. The van der Waals surface area contributed by atoms with Crippen molar-refractivity contribution in [2.75, 3.05) is 7.11 Å². The molecule has 1 aliphatic heterocycles. The van der Waals surface area contributed by atoms with Crippen molar-refractivity contribution in [2.24, 2.45) is 0 Å². The molecule has 1 N–H and O–H groups in total. The zero-order valence-corrected chi connectivity index (χ0v) is 19.2. The number of esters is 1. The minimum atomic E-state index is -0.447. The fourth-order valence-corrected chi connectivity index (χ4v) is 4.85. The number of nitrogens with one attached hydrogen (secondary N) is 1.